The SMILES string of the molecule is CC(C)(C)c1ccc(-c2csc(Nc3ccc4ccccc4c3)n2)cc1. The Morgan fingerprint density at radius 1 is 0.846 bits per heavy atom. The van der Waals surface area contributed by atoms with Crippen LogP contribution < -0.4 is 5.32 Å². The number of rotatable bonds is 3. The van der Waals surface area contributed by atoms with Gasteiger partial charge in [0.15, 0.2) is 5.13 Å². The summed E-state index contributed by atoms with van der Waals surface area (Å²) < 4.78 is 0. The maximum atomic E-state index is 4.76. The van der Waals surface area contributed by atoms with E-state index in [9.17, 15) is 0 Å². The van der Waals surface area contributed by atoms with Crippen molar-refractivity contribution in [2.75, 3.05) is 5.32 Å². The Morgan fingerprint density at radius 2 is 1.58 bits per heavy atom. The Bertz CT molecular complexity index is 1040. The molecule has 3 aromatic carbocycles. The first-order chi connectivity index (χ1) is 12.5. The molecule has 0 aliphatic rings. The normalized spacial score (nSPS) is 11.7. The van der Waals surface area contributed by atoms with Gasteiger partial charge in [0.1, 0.15) is 0 Å². The summed E-state index contributed by atoms with van der Waals surface area (Å²) in [6.07, 6.45) is 0. The van der Waals surface area contributed by atoms with Crippen LogP contribution in [-0.2, 0) is 5.41 Å². The van der Waals surface area contributed by atoms with Gasteiger partial charge in [-0.05, 0) is 33.9 Å². The van der Waals surface area contributed by atoms with Crippen LogP contribution in [0, 0.1) is 0 Å². The van der Waals surface area contributed by atoms with E-state index < -0.39 is 0 Å². The third kappa shape index (κ3) is 3.49. The molecule has 1 aromatic heterocycles. The van der Waals surface area contributed by atoms with E-state index in [2.05, 4.69) is 98.2 Å². The highest BCUT2D eigenvalue weighted by Crippen LogP contribution is 2.30. The number of fused-ring (bicyclic) bond motifs is 1. The molecule has 0 saturated heterocycles. The highest BCUT2D eigenvalue weighted by atomic mass is 32.1. The standard InChI is InChI=1S/C23H22N2S/c1-23(2,3)19-11-8-17(9-12-19)21-15-26-22(25-21)24-20-13-10-16-6-4-5-7-18(16)14-20/h4-15H,1-3H3,(H,24,25). The van der Waals surface area contributed by atoms with Crippen LogP contribution in [-0.4, -0.2) is 4.98 Å². The van der Waals surface area contributed by atoms with Crippen LogP contribution in [0.25, 0.3) is 22.0 Å². The summed E-state index contributed by atoms with van der Waals surface area (Å²) in [5, 5.41) is 8.92. The van der Waals surface area contributed by atoms with E-state index in [1.807, 2.05) is 0 Å². The molecule has 0 aliphatic carbocycles. The van der Waals surface area contributed by atoms with Crippen LogP contribution >= 0.6 is 11.3 Å². The molecule has 3 heteroatoms. The van der Waals surface area contributed by atoms with E-state index in [-0.39, 0.29) is 5.41 Å². The van der Waals surface area contributed by atoms with Gasteiger partial charge >= 0.3 is 0 Å². The number of nitrogens with one attached hydrogen (secondary N) is 1. The number of aromatic nitrogens is 1. The highest BCUT2D eigenvalue weighted by molar-refractivity contribution is 7.14. The van der Waals surface area contributed by atoms with Gasteiger partial charge in [-0.2, -0.15) is 0 Å². The van der Waals surface area contributed by atoms with Crippen LogP contribution in [0.1, 0.15) is 26.3 Å². The van der Waals surface area contributed by atoms with Gasteiger partial charge in [0.05, 0.1) is 5.69 Å². The van der Waals surface area contributed by atoms with E-state index in [0.29, 0.717) is 0 Å². The number of benzene rings is 3. The molecule has 0 fully saturated rings. The largest absolute Gasteiger partial charge is 0.332 e. The van der Waals surface area contributed by atoms with Gasteiger partial charge in [0, 0.05) is 16.6 Å². The zero-order valence-corrected chi connectivity index (χ0v) is 16.1. The van der Waals surface area contributed by atoms with Crippen molar-refractivity contribution in [3.8, 4) is 11.3 Å². The Hall–Kier alpha value is -2.65. The summed E-state index contributed by atoms with van der Waals surface area (Å²) in [5.74, 6) is 0. The number of hydrogen-bond donors (Lipinski definition) is 1. The van der Waals surface area contributed by atoms with E-state index in [1.165, 1.54) is 16.3 Å². The molecule has 0 atom stereocenters. The minimum Gasteiger partial charge on any atom is -0.332 e. The van der Waals surface area contributed by atoms with Gasteiger partial charge in [0.25, 0.3) is 0 Å². The summed E-state index contributed by atoms with van der Waals surface area (Å²) in [4.78, 5) is 4.76. The molecular formula is C23H22N2S. The molecule has 1 heterocycles. The van der Waals surface area contributed by atoms with E-state index in [0.717, 1.165) is 22.1 Å². The lowest BCUT2D eigenvalue weighted by molar-refractivity contribution is 0.590. The Kier molecular flexibility index (Phi) is 4.25. The highest BCUT2D eigenvalue weighted by Gasteiger charge is 2.13. The van der Waals surface area contributed by atoms with Crippen molar-refractivity contribution >= 4 is 32.9 Å². The molecule has 4 aromatic rings. The Labute approximate surface area is 158 Å². The summed E-state index contributed by atoms with van der Waals surface area (Å²) in [5.41, 5.74) is 4.74. The van der Waals surface area contributed by atoms with Gasteiger partial charge in [-0.3, -0.25) is 0 Å². The van der Waals surface area contributed by atoms with Crippen molar-refractivity contribution in [3.63, 3.8) is 0 Å². The van der Waals surface area contributed by atoms with Gasteiger partial charge in [0.2, 0.25) is 0 Å². The molecule has 26 heavy (non-hydrogen) atoms. The van der Waals surface area contributed by atoms with Crippen molar-refractivity contribution in [2.24, 2.45) is 0 Å². The van der Waals surface area contributed by atoms with Gasteiger partial charge in [-0.25, -0.2) is 4.98 Å². The Morgan fingerprint density at radius 3 is 2.31 bits per heavy atom. The lowest BCUT2D eigenvalue weighted by Crippen LogP contribution is -2.10. The molecular weight excluding hydrogens is 336 g/mol. The smallest absolute Gasteiger partial charge is 0.187 e. The average Bonchev–Trinajstić information content (AvgIpc) is 3.09. The lowest BCUT2D eigenvalue weighted by atomic mass is 9.86. The zero-order valence-electron chi connectivity index (χ0n) is 15.3. The third-order valence-electron chi connectivity index (χ3n) is 4.55. The minimum absolute atomic E-state index is 0.170. The fraction of sp³-hybridized carbons (Fsp3) is 0.174. The topological polar surface area (TPSA) is 24.9 Å². The van der Waals surface area contributed by atoms with Crippen molar-refractivity contribution in [1.29, 1.82) is 0 Å². The van der Waals surface area contributed by atoms with Crippen molar-refractivity contribution in [3.05, 3.63) is 77.7 Å². The predicted molar refractivity (Wildman–Crippen MR) is 113 cm³/mol. The second-order valence-electron chi connectivity index (χ2n) is 7.55. The zero-order chi connectivity index (χ0) is 18.1. The molecule has 0 aliphatic heterocycles. The molecule has 0 saturated carbocycles. The summed E-state index contributed by atoms with van der Waals surface area (Å²) in [7, 11) is 0. The van der Waals surface area contributed by atoms with Crippen molar-refractivity contribution in [2.45, 2.75) is 26.2 Å². The van der Waals surface area contributed by atoms with Crippen LogP contribution in [0.3, 0.4) is 0 Å². The summed E-state index contributed by atoms with van der Waals surface area (Å²) in [6.45, 7) is 6.70. The second kappa shape index (κ2) is 6.58. The molecule has 4 rings (SSSR count). The third-order valence-corrected chi connectivity index (χ3v) is 5.31. The molecule has 0 amide bonds. The quantitative estimate of drug-likeness (QED) is 0.426. The van der Waals surface area contributed by atoms with Crippen molar-refractivity contribution < 1.29 is 0 Å². The summed E-state index contributed by atoms with van der Waals surface area (Å²) >= 11 is 1.63. The van der Waals surface area contributed by atoms with Gasteiger partial charge in [-0.1, -0.05) is 75.4 Å². The van der Waals surface area contributed by atoms with Crippen LogP contribution in [0.5, 0.6) is 0 Å². The molecule has 0 bridgehead atoms. The van der Waals surface area contributed by atoms with Crippen LogP contribution in [0.15, 0.2) is 72.1 Å². The monoisotopic (exact) mass is 358 g/mol. The average molecular weight is 359 g/mol. The van der Waals surface area contributed by atoms with Gasteiger partial charge < -0.3 is 5.32 Å². The Balaban J connectivity index is 1.55. The maximum absolute atomic E-state index is 4.76. The number of anilines is 2. The van der Waals surface area contributed by atoms with Crippen LogP contribution in [0.2, 0.25) is 0 Å². The van der Waals surface area contributed by atoms with Crippen LogP contribution in [0.4, 0.5) is 10.8 Å². The first kappa shape index (κ1) is 16.8. The number of thiazole rings is 1. The van der Waals surface area contributed by atoms with E-state index in [4.69, 9.17) is 4.98 Å². The molecule has 130 valence electrons. The van der Waals surface area contributed by atoms with Gasteiger partial charge in [-0.15, -0.1) is 11.3 Å². The number of nitrogens with zero attached hydrogens (tertiary/aromatic N) is 1. The first-order valence-electron chi connectivity index (χ1n) is 8.81. The number of hydrogen-bond acceptors (Lipinski definition) is 3. The fourth-order valence-corrected chi connectivity index (χ4v) is 3.74. The maximum Gasteiger partial charge on any atom is 0.187 e. The molecule has 1 N–H and O–H groups in total. The van der Waals surface area contributed by atoms with E-state index >= 15 is 0 Å². The molecule has 2 nitrogen and oxygen atoms in total. The molecule has 0 unspecified atom stereocenters. The second-order valence-corrected chi connectivity index (χ2v) is 8.41. The molecule has 0 spiro atoms. The fourth-order valence-electron chi connectivity index (χ4n) is 3.00. The first-order valence-corrected chi connectivity index (χ1v) is 9.69. The van der Waals surface area contributed by atoms with E-state index in [1.54, 1.807) is 11.3 Å². The predicted octanol–water partition coefficient (Wildman–Crippen LogP) is 7.00. The van der Waals surface area contributed by atoms with Crippen molar-refractivity contribution in [1.82, 2.24) is 4.98 Å². The lowest BCUT2D eigenvalue weighted by Gasteiger charge is -2.18. The molecule has 0 radical (unpaired) electrons. The minimum atomic E-state index is 0.170. The summed E-state index contributed by atoms with van der Waals surface area (Å²) in [6, 6.07) is 23.5.